The fourth-order valence-electron chi connectivity index (χ4n) is 4.68. The van der Waals surface area contributed by atoms with Crippen LogP contribution >= 0.6 is 11.8 Å². The van der Waals surface area contributed by atoms with Gasteiger partial charge in [0.1, 0.15) is 11.4 Å². The Morgan fingerprint density at radius 3 is 2.37 bits per heavy atom. The Balaban J connectivity index is 1.99. The number of nitrogens with one attached hydrogen (secondary N) is 1. The van der Waals surface area contributed by atoms with Gasteiger partial charge in [0.15, 0.2) is 22.6 Å². The van der Waals surface area contributed by atoms with Crippen molar-refractivity contribution in [2.24, 2.45) is 0 Å². The van der Waals surface area contributed by atoms with Gasteiger partial charge in [0.2, 0.25) is 11.6 Å². The Hall–Kier alpha value is -4.43. The number of nitro benzene ring substituents is 1. The molecule has 0 aliphatic carbocycles. The highest BCUT2D eigenvalue weighted by molar-refractivity contribution is 8.13. The monoisotopic (exact) mass is 619 g/mol. The summed E-state index contributed by atoms with van der Waals surface area (Å²) in [5.41, 5.74) is -1.05. The van der Waals surface area contributed by atoms with Crippen LogP contribution in [0.15, 0.2) is 42.6 Å². The Morgan fingerprint density at radius 2 is 1.77 bits per heavy atom. The number of anilines is 1. The molecular formula is C29H25F4N3O6S. The Morgan fingerprint density at radius 1 is 1.07 bits per heavy atom. The quantitative estimate of drug-likeness (QED) is 0.0499. The molecule has 2 aromatic heterocycles. The molecule has 4 rings (SSSR count). The van der Waals surface area contributed by atoms with E-state index in [2.05, 4.69) is 5.32 Å². The lowest BCUT2D eigenvalue weighted by Crippen LogP contribution is -2.11. The van der Waals surface area contributed by atoms with Crippen LogP contribution in [-0.2, 0) is 16.0 Å². The van der Waals surface area contributed by atoms with Crippen molar-refractivity contribution in [3.63, 3.8) is 0 Å². The molecule has 2 heterocycles. The van der Waals surface area contributed by atoms with E-state index in [1.165, 1.54) is 56.0 Å². The van der Waals surface area contributed by atoms with Crippen LogP contribution in [0.3, 0.4) is 0 Å². The number of nitro groups is 1. The molecule has 0 aliphatic rings. The molecule has 0 radical (unpaired) electrons. The van der Waals surface area contributed by atoms with Crippen LogP contribution in [0.1, 0.15) is 28.5 Å². The first-order valence-electron chi connectivity index (χ1n) is 12.7. The van der Waals surface area contributed by atoms with Gasteiger partial charge < -0.3 is 19.2 Å². The minimum Gasteiger partial charge on any atom is -0.496 e. The van der Waals surface area contributed by atoms with Crippen molar-refractivity contribution in [2.45, 2.75) is 13.3 Å². The number of benzene rings is 2. The number of thioether (sulfide) groups is 1. The van der Waals surface area contributed by atoms with Crippen molar-refractivity contribution in [1.29, 1.82) is 0 Å². The summed E-state index contributed by atoms with van der Waals surface area (Å²) in [5, 5.41) is 14.6. The Bertz CT molecular complexity index is 1720. The maximum absolute atomic E-state index is 16.2. The number of ether oxygens (including phenoxy) is 2. The third-order valence-corrected chi connectivity index (χ3v) is 7.34. The first-order valence-corrected chi connectivity index (χ1v) is 13.7. The Kier molecular flexibility index (Phi) is 9.71. The molecule has 2 aromatic carbocycles. The van der Waals surface area contributed by atoms with Gasteiger partial charge in [-0.05, 0) is 36.2 Å². The highest BCUT2D eigenvalue weighted by Crippen LogP contribution is 2.44. The van der Waals surface area contributed by atoms with Gasteiger partial charge in [-0.15, -0.1) is 0 Å². The molecular weight excluding hydrogens is 594 g/mol. The van der Waals surface area contributed by atoms with Crippen molar-refractivity contribution in [1.82, 2.24) is 4.40 Å². The first kappa shape index (κ1) is 31.5. The number of halogens is 4. The van der Waals surface area contributed by atoms with Gasteiger partial charge in [-0.2, -0.15) is 4.39 Å². The molecule has 43 heavy (non-hydrogen) atoms. The summed E-state index contributed by atoms with van der Waals surface area (Å²) in [6, 6.07) is 6.76. The van der Waals surface area contributed by atoms with Crippen molar-refractivity contribution >= 4 is 39.6 Å². The lowest BCUT2D eigenvalue weighted by molar-refractivity contribution is -0.386. The molecule has 0 amide bonds. The summed E-state index contributed by atoms with van der Waals surface area (Å²) in [6.45, 7) is 1.70. The lowest BCUT2D eigenvalue weighted by atomic mass is 9.99. The molecule has 9 nitrogen and oxygen atoms in total. The van der Waals surface area contributed by atoms with E-state index in [0.717, 1.165) is 11.8 Å². The van der Waals surface area contributed by atoms with E-state index in [-0.39, 0.29) is 64.2 Å². The van der Waals surface area contributed by atoms with Crippen LogP contribution in [-0.4, -0.2) is 53.3 Å². The zero-order valence-corrected chi connectivity index (χ0v) is 24.0. The second-order valence-electron chi connectivity index (χ2n) is 9.21. The van der Waals surface area contributed by atoms with Crippen molar-refractivity contribution in [2.75, 3.05) is 38.4 Å². The SMILES string of the molecule is COCCNc1cc(OC)c(-c2cccn3c(C(=O)c4cc(F)c(F)c(F)c4)cc(CCSC(C)=O)c23)c(F)c1[N+](=O)[O-]. The third-order valence-electron chi connectivity index (χ3n) is 6.52. The third kappa shape index (κ3) is 6.34. The summed E-state index contributed by atoms with van der Waals surface area (Å²) in [4.78, 5) is 36.2. The Labute approximate surface area is 246 Å². The minimum absolute atomic E-state index is 0.0584. The molecule has 0 bridgehead atoms. The van der Waals surface area contributed by atoms with E-state index in [9.17, 15) is 32.9 Å². The largest absolute Gasteiger partial charge is 0.496 e. The van der Waals surface area contributed by atoms with Crippen LogP contribution in [0.2, 0.25) is 0 Å². The van der Waals surface area contributed by atoms with Gasteiger partial charge in [0.25, 0.3) is 0 Å². The molecule has 0 unspecified atom stereocenters. The summed E-state index contributed by atoms with van der Waals surface area (Å²) in [5.74, 6) is -6.71. The predicted molar refractivity (Wildman–Crippen MR) is 153 cm³/mol. The number of hydrogen-bond donors (Lipinski definition) is 1. The molecule has 0 aliphatic heterocycles. The highest BCUT2D eigenvalue weighted by Gasteiger charge is 2.31. The van der Waals surface area contributed by atoms with Crippen LogP contribution in [0.4, 0.5) is 28.9 Å². The van der Waals surface area contributed by atoms with E-state index in [1.807, 2.05) is 0 Å². The fourth-order valence-corrected chi connectivity index (χ4v) is 5.29. The van der Waals surface area contributed by atoms with E-state index in [1.54, 1.807) is 0 Å². The number of methoxy groups -OCH3 is 2. The zero-order valence-electron chi connectivity index (χ0n) is 23.1. The number of ketones is 1. The average molecular weight is 620 g/mol. The van der Waals surface area contributed by atoms with Crippen LogP contribution in [0, 0.1) is 33.4 Å². The topological polar surface area (TPSA) is 112 Å². The lowest BCUT2D eigenvalue weighted by Gasteiger charge is -2.16. The summed E-state index contributed by atoms with van der Waals surface area (Å²) >= 11 is 1.00. The minimum atomic E-state index is -1.73. The molecule has 14 heteroatoms. The number of aryl methyl sites for hydroxylation is 1. The summed E-state index contributed by atoms with van der Waals surface area (Å²) in [6.07, 6.45) is 1.64. The molecule has 1 N–H and O–H groups in total. The van der Waals surface area contributed by atoms with Gasteiger partial charge >= 0.3 is 5.69 Å². The second kappa shape index (κ2) is 13.3. The van der Waals surface area contributed by atoms with E-state index < -0.39 is 45.2 Å². The number of carbonyl (C=O) groups excluding carboxylic acids is 2. The van der Waals surface area contributed by atoms with Crippen molar-refractivity contribution in [3.05, 3.63) is 92.8 Å². The number of nitrogens with zero attached hydrogens (tertiary/aromatic N) is 2. The van der Waals surface area contributed by atoms with Gasteiger partial charge in [0.05, 0.1) is 35.4 Å². The fraction of sp³-hybridized carbons (Fsp3) is 0.241. The molecule has 0 saturated carbocycles. The number of hydrogen-bond acceptors (Lipinski definition) is 8. The molecule has 0 fully saturated rings. The van der Waals surface area contributed by atoms with Crippen molar-refractivity contribution in [3.8, 4) is 16.9 Å². The van der Waals surface area contributed by atoms with Gasteiger partial charge in [-0.25, -0.2) is 13.2 Å². The van der Waals surface area contributed by atoms with Gasteiger partial charge in [-0.1, -0.05) is 17.8 Å². The molecule has 0 saturated heterocycles. The number of aromatic nitrogens is 1. The van der Waals surface area contributed by atoms with E-state index in [0.29, 0.717) is 17.7 Å². The van der Waals surface area contributed by atoms with E-state index >= 15 is 4.39 Å². The van der Waals surface area contributed by atoms with Crippen LogP contribution in [0.25, 0.3) is 16.6 Å². The highest BCUT2D eigenvalue weighted by atomic mass is 32.2. The van der Waals surface area contributed by atoms with Crippen LogP contribution in [0.5, 0.6) is 5.75 Å². The second-order valence-corrected chi connectivity index (χ2v) is 10.5. The molecule has 226 valence electrons. The maximum Gasteiger partial charge on any atom is 0.328 e. The van der Waals surface area contributed by atoms with Gasteiger partial charge in [-0.3, -0.25) is 19.7 Å². The zero-order chi connectivity index (χ0) is 31.4. The van der Waals surface area contributed by atoms with Crippen LogP contribution < -0.4 is 10.1 Å². The first-order chi connectivity index (χ1) is 20.5. The average Bonchev–Trinajstić information content (AvgIpc) is 3.33. The number of fused-ring (bicyclic) bond motifs is 1. The summed E-state index contributed by atoms with van der Waals surface area (Å²) in [7, 11) is 2.70. The number of carbonyl (C=O) groups is 2. The molecule has 4 aromatic rings. The standard InChI is InChI=1S/C29H25F4N3O6S/c1-15(37)43-10-6-16-13-22(29(38)17-11-19(30)25(32)20(31)12-17)35-8-4-5-18(27(16)35)24-23(42-3)14-21(34-7-9-41-2)28(26(24)33)36(39)40/h4-5,8,11-14,34H,6-7,9-10H2,1-3H3. The predicted octanol–water partition coefficient (Wildman–Crippen LogP) is 6.19. The summed E-state index contributed by atoms with van der Waals surface area (Å²) < 4.78 is 69.5. The molecule has 0 atom stereocenters. The normalized spacial score (nSPS) is 11.1. The van der Waals surface area contributed by atoms with Crippen molar-refractivity contribution < 1.29 is 41.5 Å². The number of rotatable bonds is 12. The number of pyridine rings is 1. The maximum atomic E-state index is 16.2. The van der Waals surface area contributed by atoms with Gasteiger partial charge in [0, 0.05) is 49.7 Å². The molecule has 0 spiro atoms. The smallest absolute Gasteiger partial charge is 0.328 e. The van der Waals surface area contributed by atoms with E-state index in [4.69, 9.17) is 9.47 Å².